The molecule has 0 spiro atoms. The van der Waals surface area contributed by atoms with Crippen LogP contribution in [-0.4, -0.2) is 27.8 Å². The third kappa shape index (κ3) is 4.43. The fourth-order valence-corrected chi connectivity index (χ4v) is 4.60. The summed E-state index contributed by atoms with van der Waals surface area (Å²) in [6.07, 6.45) is 0. The first kappa shape index (κ1) is 23.8. The number of aromatic carboxylic acids is 1. The third-order valence-corrected chi connectivity index (χ3v) is 6.26. The maximum Gasteiger partial charge on any atom is 0.335 e. The normalized spacial score (nSPS) is 13.6. The summed E-state index contributed by atoms with van der Waals surface area (Å²) in [6.45, 7) is 5.96. The second-order valence-electron chi connectivity index (χ2n) is 9.17. The number of hydrazone groups is 1. The quantitative estimate of drug-likeness (QED) is 0.229. The number of phenols is 1. The van der Waals surface area contributed by atoms with Crippen LogP contribution in [0.4, 0.5) is 17.1 Å². The molecule has 0 unspecified atom stereocenters. The lowest BCUT2D eigenvalue weighted by molar-refractivity contribution is -0.111. The zero-order valence-electron chi connectivity index (χ0n) is 20.6. The van der Waals surface area contributed by atoms with E-state index in [2.05, 4.69) is 16.6 Å². The van der Waals surface area contributed by atoms with Crippen LogP contribution in [0.15, 0.2) is 84.0 Å². The monoisotopic (exact) mass is 491 g/mol. The summed E-state index contributed by atoms with van der Waals surface area (Å²) in [5.41, 5.74) is 9.80. The zero-order valence-corrected chi connectivity index (χ0v) is 20.6. The number of carboxylic acids is 1. The summed E-state index contributed by atoms with van der Waals surface area (Å²) >= 11 is 0. The van der Waals surface area contributed by atoms with Crippen molar-refractivity contribution < 1.29 is 19.8 Å². The molecular weight excluding hydrogens is 466 g/mol. The van der Waals surface area contributed by atoms with E-state index in [1.54, 1.807) is 35.2 Å². The van der Waals surface area contributed by atoms with E-state index >= 15 is 0 Å². The second kappa shape index (κ2) is 9.28. The number of amides is 1. The van der Waals surface area contributed by atoms with Crippen LogP contribution >= 0.6 is 0 Å². The average Bonchev–Trinajstić information content (AvgIpc) is 3.13. The number of benzene rings is 4. The number of carbonyl (C=O) groups is 2. The molecule has 5 rings (SSSR count). The predicted octanol–water partition coefficient (Wildman–Crippen LogP) is 6.18. The number of anilines is 3. The number of phenolic OH excluding ortho intramolecular Hbond substituents is 1. The Hall–Kier alpha value is -4.91. The molecule has 0 radical (unpaired) electrons. The van der Waals surface area contributed by atoms with Crippen LogP contribution in [0.2, 0.25) is 0 Å². The van der Waals surface area contributed by atoms with Crippen molar-refractivity contribution in [3.05, 3.63) is 107 Å². The summed E-state index contributed by atoms with van der Waals surface area (Å²) in [4.78, 5) is 26.7. The molecule has 0 saturated carbocycles. The van der Waals surface area contributed by atoms with E-state index in [0.717, 1.165) is 28.1 Å². The molecule has 0 fully saturated rings. The van der Waals surface area contributed by atoms with Crippen LogP contribution in [-0.2, 0) is 4.79 Å². The number of nitrogens with zero attached hydrogens (tertiary/aromatic N) is 2. The molecule has 184 valence electrons. The number of carbonyl (C=O) groups excluding carboxylic acids is 1. The van der Waals surface area contributed by atoms with Gasteiger partial charge in [0.1, 0.15) is 5.75 Å². The number of carboxylic acid groups (broad SMARTS) is 1. The maximum absolute atomic E-state index is 13.6. The Kier molecular flexibility index (Phi) is 5.97. The molecule has 1 aliphatic rings. The lowest BCUT2D eigenvalue weighted by atomic mass is 10.0. The van der Waals surface area contributed by atoms with Crippen LogP contribution in [0.5, 0.6) is 5.75 Å². The standard InChI is InChI=1S/C30H25N3O4/c1-17-10-11-24-26(15-17)33(22-13-18(2)12-19(3)14-22)29(35)27(24)32-31-25-9-5-8-23(28(25)34)20-6-4-7-21(16-20)30(36)37/h4-16,31,34H,1-3H3,(H,36,37)/b32-27-. The molecule has 0 aromatic heterocycles. The molecule has 4 aromatic rings. The molecule has 1 heterocycles. The Morgan fingerprint density at radius 2 is 1.57 bits per heavy atom. The maximum atomic E-state index is 13.6. The Bertz CT molecular complexity index is 1590. The van der Waals surface area contributed by atoms with E-state index in [4.69, 9.17) is 0 Å². The molecule has 37 heavy (non-hydrogen) atoms. The van der Waals surface area contributed by atoms with Crippen molar-refractivity contribution in [2.45, 2.75) is 20.8 Å². The Morgan fingerprint density at radius 1 is 0.838 bits per heavy atom. The summed E-state index contributed by atoms with van der Waals surface area (Å²) < 4.78 is 0. The van der Waals surface area contributed by atoms with E-state index < -0.39 is 5.97 Å². The number of para-hydroxylation sites is 1. The van der Waals surface area contributed by atoms with Gasteiger partial charge in [-0.3, -0.25) is 15.1 Å². The number of aryl methyl sites for hydroxylation is 3. The highest BCUT2D eigenvalue weighted by molar-refractivity contribution is 6.55. The van der Waals surface area contributed by atoms with Crippen molar-refractivity contribution in [3.8, 4) is 16.9 Å². The van der Waals surface area contributed by atoms with Crippen LogP contribution in [0.1, 0.15) is 32.6 Å². The van der Waals surface area contributed by atoms with Crippen LogP contribution in [0.3, 0.4) is 0 Å². The molecule has 3 N–H and O–H groups in total. The Morgan fingerprint density at radius 3 is 2.30 bits per heavy atom. The molecule has 0 bridgehead atoms. The van der Waals surface area contributed by atoms with Gasteiger partial charge in [0.2, 0.25) is 0 Å². The highest BCUT2D eigenvalue weighted by Gasteiger charge is 2.35. The number of hydrogen-bond donors (Lipinski definition) is 3. The van der Waals surface area contributed by atoms with Crippen molar-refractivity contribution in [3.63, 3.8) is 0 Å². The highest BCUT2D eigenvalue weighted by Crippen LogP contribution is 2.39. The summed E-state index contributed by atoms with van der Waals surface area (Å²) in [7, 11) is 0. The predicted molar refractivity (Wildman–Crippen MR) is 145 cm³/mol. The largest absolute Gasteiger partial charge is 0.505 e. The Labute approximate surface area is 214 Å². The molecule has 0 saturated heterocycles. The van der Waals surface area contributed by atoms with Gasteiger partial charge in [0.05, 0.1) is 16.9 Å². The lowest BCUT2D eigenvalue weighted by Crippen LogP contribution is -2.26. The van der Waals surface area contributed by atoms with Gasteiger partial charge in [-0.25, -0.2) is 4.79 Å². The molecule has 1 amide bonds. The van der Waals surface area contributed by atoms with Gasteiger partial charge in [-0.05, 0) is 79.4 Å². The van der Waals surface area contributed by atoms with Crippen molar-refractivity contribution in [2.24, 2.45) is 5.10 Å². The van der Waals surface area contributed by atoms with Crippen molar-refractivity contribution >= 4 is 34.7 Å². The fourth-order valence-electron chi connectivity index (χ4n) is 4.60. The van der Waals surface area contributed by atoms with Gasteiger partial charge < -0.3 is 10.2 Å². The van der Waals surface area contributed by atoms with E-state index in [1.165, 1.54) is 12.1 Å². The molecule has 7 heteroatoms. The molecule has 0 aliphatic carbocycles. The van der Waals surface area contributed by atoms with Crippen LogP contribution in [0, 0.1) is 20.8 Å². The zero-order chi connectivity index (χ0) is 26.3. The first-order valence-corrected chi connectivity index (χ1v) is 11.8. The molecular formula is C30H25N3O4. The van der Waals surface area contributed by atoms with Gasteiger partial charge in [0.25, 0.3) is 5.91 Å². The SMILES string of the molecule is Cc1cc(C)cc(N2C(=O)/C(=N\Nc3cccc(-c4cccc(C(=O)O)c4)c3O)c3ccc(C)cc32)c1. The third-order valence-electron chi connectivity index (χ3n) is 6.26. The summed E-state index contributed by atoms with van der Waals surface area (Å²) in [5, 5.41) is 24.7. The lowest BCUT2D eigenvalue weighted by Gasteiger charge is -2.18. The minimum atomic E-state index is -1.05. The first-order chi connectivity index (χ1) is 17.7. The molecule has 4 aromatic carbocycles. The van der Waals surface area contributed by atoms with Gasteiger partial charge in [0, 0.05) is 16.8 Å². The smallest absolute Gasteiger partial charge is 0.335 e. The number of rotatable bonds is 5. The first-order valence-electron chi connectivity index (χ1n) is 11.8. The van der Waals surface area contributed by atoms with E-state index in [-0.39, 0.29) is 28.6 Å². The number of fused-ring (bicyclic) bond motifs is 1. The molecule has 7 nitrogen and oxygen atoms in total. The Balaban J connectivity index is 1.53. The van der Waals surface area contributed by atoms with Crippen LogP contribution < -0.4 is 10.3 Å². The topological polar surface area (TPSA) is 102 Å². The number of nitrogens with one attached hydrogen (secondary N) is 1. The van der Waals surface area contributed by atoms with E-state index in [1.807, 2.05) is 51.1 Å². The van der Waals surface area contributed by atoms with E-state index in [9.17, 15) is 19.8 Å². The molecule has 1 aliphatic heterocycles. The minimum absolute atomic E-state index is 0.102. The van der Waals surface area contributed by atoms with Gasteiger partial charge in [0.15, 0.2) is 5.71 Å². The van der Waals surface area contributed by atoms with Crippen molar-refractivity contribution in [1.82, 2.24) is 0 Å². The average molecular weight is 492 g/mol. The van der Waals surface area contributed by atoms with Crippen LogP contribution in [0.25, 0.3) is 11.1 Å². The minimum Gasteiger partial charge on any atom is -0.505 e. The van der Waals surface area contributed by atoms with Crippen molar-refractivity contribution in [2.75, 3.05) is 10.3 Å². The molecule has 0 atom stereocenters. The summed E-state index contributed by atoms with van der Waals surface area (Å²) in [6, 6.07) is 23.1. The van der Waals surface area contributed by atoms with Gasteiger partial charge in [-0.15, -0.1) is 0 Å². The van der Waals surface area contributed by atoms with E-state index in [0.29, 0.717) is 16.7 Å². The second-order valence-corrected chi connectivity index (χ2v) is 9.17. The van der Waals surface area contributed by atoms with Gasteiger partial charge in [-0.2, -0.15) is 5.10 Å². The summed E-state index contributed by atoms with van der Waals surface area (Å²) in [5.74, 6) is -1.43. The highest BCUT2D eigenvalue weighted by atomic mass is 16.4. The van der Waals surface area contributed by atoms with Gasteiger partial charge >= 0.3 is 5.97 Å². The fraction of sp³-hybridized carbons (Fsp3) is 0.100. The number of aromatic hydroxyl groups is 1. The van der Waals surface area contributed by atoms with Crippen molar-refractivity contribution in [1.29, 1.82) is 0 Å². The van der Waals surface area contributed by atoms with Gasteiger partial charge in [-0.1, -0.05) is 42.5 Å². The number of hydrogen-bond acceptors (Lipinski definition) is 5.